The Morgan fingerprint density at radius 3 is 2.35 bits per heavy atom. The molecule has 0 saturated heterocycles. The third-order valence-electron chi connectivity index (χ3n) is 2.45. The van der Waals surface area contributed by atoms with Crippen molar-refractivity contribution in [2.75, 3.05) is 0 Å². The van der Waals surface area contributed by atoms with Crippen LogP contribution in [-0.2, 0) is 0 Å². The maximum Gasteiger partial charge on any atom is 0.123 e. The minimum atomic E-state index is -0.489. The van der Waals surface area contributed by atoms with Crippen molar-refractivity contribution in [3.63, 3.8) is 0 Å². The summed E-state index contributed by atoms with van der Waals surface area (Å²) < 4.78 is 13.1. The zero-order chi connectivity index (χ0) is 12.1. The first-order valence-corrected chi connectivity index (χ1v) is 5.16. The number of azide groups is 1. The fraction of sp³-hybridized carbons (Fsp3) is 0.0769. The first kappa shape index (κ1) is 11.2. The standard InChI is InChI=1S/C13H10FN3/c14-12-8-4-7-11(9-12)13(16-17-15)10-5-2-1-3-6-10/h1-9,13H. The molecule has 17 heavy (non-hydrogen) atoms. The minimum absolute atomic E-state index is 0.337. The van der Waals surface area contributed by atoms with Crippen LogP contribution in [0.5, 0.6) is 0 Å². The van der Waals surface area contributed by atoms with Crippen molar-refractivity contribution in [2.24, 2.45) is 5.11 Å². The van der Waals surface area contributed by atoms with E-state index >= 15 is 0 Å². The maximum atomic E-state index is 13.1. The van der Waals surface area contributed by atoms with Gasteiger partial charge < -0.3 is 0 Å². The molecule has 0 aliphatic rings. The molecule has 2 aromatic carbocycles. The van der Waals surface area contributed by atoms with E-state index in [1.807, 2.05) is 30.3 Å². The smallest absolute Gasteiger partial charge is 0.123 e. The van der Waals surface area contributed by atoms with E-state index in [1.165, 1.54) is 12.1 Å². The third kappa shape index (κ3) is 2.62. The number of nitrogens with zero attached hydrogens (tertiary/aromatic N) is 3. The second kappa shape index (κ2) is 5.14. The van der Waals surface area contributed by atoms with Crippen molar-refractivity contribution in [1.82, 2.24) is 0 Å². The fourth-order valence-corrected chi connectivity index (χ4v) is 1.69. The Bertz CT molecular complexity index is 548. The van der Waals surface area contributed by atoms with E-state index in [0.717, 1.165) is 5.56 Å². The number of hydrogen-bond acceptors (Lipinski definition) is 1. The summed E-state index contributed by atoms with van der Waals surface area (Å²) in [4.78, 5) is 2.82. The first-order valence-electron chi connectivity index (χ1n) is 5.16. The molecule has 0 spiro atoms. The van der Waals surface area contributed by atoms with Gasteiger partial charge in [-0.25, -0.2) is 4.39 Å². The predicted molar refractivity (Wildman–Crippen MR) is 63.8 cm³/mol. The second-order valence-corrected chi connectivity index (χ2v) is 3.57. The molecule has 0 aliphatic carbocycles. The Morgan fingerprint density at radius 2 is 1.71 bits per heavy atom. The lowest BCUT2D eigenvalue weighted by atomic mass is 10.00. The number of benzene rings is 2. The van der Waals surface area contributed by atoms with E-state index in [9.17, 15) is 4.39 Å². The van der Waals surface area contributed by atoms with Gasteiger partial charge in [-0.3, -0.25) is 0 Å². The Hall–Kier alpha value is -2.32. The second-order valence-electron chi connectivity index (χ2n) is 3.57. The van der Waals surface area contributed by atoms with Gasteiger partial charge in [-0.05, 0) is 28.8 Å². The predicted octanol–water partition coefficient (Wildman–Crippen LogP) is 4.23. The fourth-order valence-electron chi connectivity index (χ4n) is 1.69. The molecule has 0 saturated carbocycles. The Balaban J connectivity index is 2.46. The van der Waals surface area contributed by atoms with Crippen molar-refractivity contribution in [3.8, 4) is 0 Å². The van der Waals surface area contributed by atoms with Gasteiger partial charge in [-0.2, -0.15) is 0 Å². The molecule has 0 amide bonds. The highest BCUT2D eigenvalue weighted by Gasteiger charge is 2.12. The maximum absolute atomic E-state index is 13.1. The van der Waals surface area contributed by atoms with Crippen molar-refractivity contribution < 1.29 is 4.39 Å². The van der Waals surface area contributed by atoms with Crippen molar-refractivity contribution >= 4 is 0 Å². The molecule has 3 nitrogen and oxygen atoms in total. The molecule has 84 valence electrons. The topological polar surface area (TPSA) is 48.8 Å². The van der Waals surface area contributed by atoms with E-state index in [1.54, 1.807) is 12.1 Å². The van der Waals surface area contributed by atoms with Gasteiger partial charge in [0.1, 0.15) is 5.82 Å². The average Bonchev–Trinajstić information content (AvgIpc) is 2.37. The van der Waals surface area contributed by atoms with Gasteiger partial charge in [0, 0.05) is 4.91 Å². The minimum Gasteiger partial charge on any atom is -0.207 e. The molecular formula is C13H10FN3. The normalized spacial score (nSPS) is 11.6. The van der Waals surface area contributed by atoms with Crippen LogP contribution in [0.4, 0.5) is 4.39 Å². The van der Waals surface area contributed by atoms with Crippen LogP contribution in [0.25, 0.3) is 10.4 Å². The molecule has 0 radical (unpaired) electrons. The summed E-state index contributed by atoms with van der Waals surface area (Å²) in [5.41, 5.74) is 10.1. The van der Waals surface area contributed by atoms with Crippen LogP contribution in [0.15, 0.2) is 59.7 Å². The quantitative estimate of drug-likeness (QED) is 0.428. The van der Waals surface area contributed by atoms with E-state index in [-0.39, 0.29) is 5.82 Å². The molecule has 2 aromatic rings. The highest BCUT2D eigenvalue weighted by molar-refractivity contribution is 5.32. The SMILES string of the molecule is [N-]=[N+]=NC(c1ccccc1)c1cccc(F)c1. The van der Waals surface area contributed by atoms with Crippen molar-refractivity contribution in [1.29, 1.82) is 0 Å². The van der Waals surface area contributed by atoms with Crippen molar-refractivity contribution in [3.05, 3.63) is 82.0 Å². The van der Waals surface area contributed by atoms with Gasteiger partial charge in [-0.1, -0.05) is 47.6 Å². The molecule has 0 fully saturated rings. The van der Waals surface area contributed by atoms with Gasteiger partial charge in [0.15, 0.2) is 0 Å². The zero-order valence-corrected chi connectivity index (χ0v) is 8.99. The molecule has 4 heteroatoms. The lowest BCUT2D eigenvalue weighted by molar-refractivity contribution is 0.623. The highest BCUT2D eigenvalue weighted by Crippen LogP contribution is 2.26. The van der Waals surface area contributed by atoms with Crippen LogP contribution in [0.2, 0.25) is 0 Å². The molecule has 0 aliphatic heterocycles. The number of rotatable bonds is 3. The molecule has 1 unspecified atom stereocenters. The lowest BCUT2D eigenvalue weighted by Crippen LogP contribution is -1.97. The average molecular weight is 227 g/mol. The van der Waals surface area contributed by atoms with E-state index < -0.39 is 6.04 Å². The van der Waals surface area contributed by atoms with Gasteiger partial charge in [0.05, 0.1) is 6.04 Å². The summed E-state index contributed by atoms with van der Waals surface area (Å²) in [6.45, 7) is 0. The Morgan fingerprint density at radius 1 is 1.00 bits per heavy atom. The first-order chi connectivity index (χ1) is 8.31. The van der Waals surface area contributed by atoms with Crippen LogP contribution in [0, 0.1) is 5.82 Å². The van der Waals surface area contributed by atoms with Crippen LogP contribution in [-0.4, -0.2) is 0 Å². The zero-order valence-electron chi connectivity index (χ0n) is 8.99. The van der Waals surface area contributed by atoms with Gasteiger partial charge in [0.2, 0.25) is 0 Å². The van der Waals surface area contributed by atoms with Crippen molar-refractivity contribution in [2.45, 2.75) is 6.04 Å². The molecule has 0 aromatic heterocycles. The van der Waals surface area contributed by atoms with E-state index in [0.29, 0.717) is 5.56 Å². The molecule has 2 rings (SSSR count). The largest absolute Gasteiger partial charge is 0.207 e. The lowest BCUT2D eigenvalue weighted by Gasteiger charge is -2.11. The summed E-state index contributed by atoms with van der Waals surface area (Å²) in [6, 6.07) is 14.9. The highest BCUT2D eigenvalue weighted by atomic mass is 19.1. The number of hydrogen-bond donors (Lipinski definition) is 0. The van der Waals surface area contributed by atoms with Gasteiger partial charge in [-0.15, -0.1) is 0 Å². The summed E-state index contributed by atoms with van der Waals surface area (Å²) in [7, 11) is 0. The summed E-state index contributed by atoms with van der Waals surface area (Å²) in [5.74, 6) is -0.337. The Kier molecular flexibility index (Phi) is 3.38. The molecular weight excluding hydrogens is 217 g/mol. The molecule has 1 atom stereocenters. The monoisotopic (exact) mass is 227 g/mol. The van der Waals surface area contributed by atoms with Crippen LogP contribution in [0.3, 0.4) is 0 Å². The van der Waals surface area contributed by atoms with Crippen LogP contribution >= 0.6 is 0 Å². The van der Waals surface area contributed by atoms with Gasteiger partial charge in [0.25, 0.3) is 0 Å². The summed E-state index contributed by atoms with van der Waals surface area (Å²) in [6.07, 6.45) is 0. The number of halogens is 1. The third-order valence-corrected chi connectivity index (χ3v) is 2.45. The van der Waals surface area contributed by atoms with Gasteiger partial charge >= 0.3 is 0 Å². The van der Waals surface area contributed by atoms with E-state index in [4.69, 9.17) is 5.53 Å². The molecule has 0 heterocycles. The summed E-state index contributed by atoms with van der Waals surface area (Å²) >= 11 is 0. The van der Waals surface area contributed by atoms with Crippen LogP contribution in [0.1, 0.15) is 17.2 Å². The van der Waals surface area contributed by atoms with E-state index in [2.05, 4.69) is 10.0 Å². The molecule has 0 N–H and O–H groups in total. The van der Waals surface area contributed by atoms with Crippen LogP contribution < -0.4 is 0 Å². The summed E-state index contributed by atoms with van der Waals surface area (Å²) in [5, 5.41) is 3.72. The molecule has 0 bridgehead atoms. The Labute approximate surface area is 98.2 Å².